The summed E-state index contributed by atoms with van der Waals surface area (Å²) in [5.74, 6) is -0.297. The summed E-state index contributed by atoms with van der Waals surface area (Å²) >= 11 is 0. The van der Waals surface area contributed by atoms with E-state index in [0.717, 1.165) is 17.0 Å². The number of nitrogens with one attached hydrogen (secondary N) is 1. The Balaban J connectivity index is 1.62. The molecule has 1 atom stereocenters. The van der Waals surface area contributed by atoms with E-state index in [9.17, 15) is 13.2 Å². The van der Waals surface area contributed by atoms with Gasteiger partial charge in [0.15, 0.2) is 0 Å². The van der Waals surface area contributed by atoms with Gasteiger partial charge in [-0.05, 0) is 18.6 Å². The molecule has 0 aliphatic carbocycles. The highest BCUT2D eigenvalue weighted by Gasteiger charge is 2.24. The highest BCUT2D eigenvalue weighted by molar-refractivity contribution is 7.88. The molecule has 134 valence electrons. The molecule has 0 saturated carbocycles. The first-order chi connectivity index (χ1) is 11.8. The van der Waals surface area contributed by atoms with E-state index in [1.807, 2.05) is 48.0 Å². The van der Waals surface area contributed by atoms with Crippen LogP contribution >= 0.6 is 0 Å². The minimum absolute atomic E-state index is 0.0602. The van der Waals surface area contributed by atoms with E-state index >= 15 is 0 Å². The topological polar surface area (TPSA) is 84.3 Å². The monoisotopic (exact) mass is 362 g/mol. The molecular formula is C17H22N4O3S. The average Bonchev–Trinajstić information content (AvgIpc) is 3.01. The lowest BCUT2D eigenvalue weighted by Crippen LogP contribution is -2.37. The van der Waals surface area contributed by atoms with Crippen molar-refractivity contribution >= 4 is 15.9 Å². The second kappa shape index (κ2) is 6.97. The molecule has 0 unspecified atom stereocenters. The summed E-state index contributed by atoms with van der Waals surface area (Å²) in [6, 6.07) is 11.5. The number of hydrogen-bond acceptors (Lipinski definition) is 4. The number of hydrogen-bond donors (Lipinski definition) is 1. The third kappa shape index (κ3) is 4.08. The Bertz CT molecular complexity index is 861. The number of aromatic nitrogens is 2. The number of fused-ring (bicyclic) bond motifs is 1. The minimum Gasteiger partial charge on any atom is -0.350 e. The molecule has 3 rings (SSSR count). The minimum atomic E-state index is -3.20. The standard InChI is InChI=1S/C17H22N4O3S/c1-13(14-6-4-3-5-7-14)17(22)18-11-15-10-16-12-20(25(2,23)24)8-9-21(16)19-15/h3-7,10,13H,8-9,11-12H2,1-2H3,(H,18,22)/t13-/m1/s1. The lowest BCUT2D eigenvalue weighted by Gasteiger charge is -2.25. The van der Waals surface area contributed by atoms with Gasteiger partial charge in [0.1, 0.15) is 0 Å². The van der Waals surface area contributed by atoms with Crippen LogP contribution in [0.2, 0.25) is 0 Å². The van der Waals surface area contributed by atoms with Gasteiger partial charge in [-0.1, -0.05) is 30.3 Å². The van der Waals surface area contributed by atoms with Gasteiger partial charge in [-0.2, -0.15) is 9.40 Å². The summed E-state index contributed by atoms with van der Waals surface area (Å²) in [5, 5.41) is 7.35. The molecule has 2 heterocycles. The molecule has 1 amide bonds. The van der Waals surface area contributed by atoms with Gasteiger partial charge < -0.3 is 5.32 Å². The van der Waals surface area contributed by atoms with Crippen molar-refractivity contribution in [2.75, 3.05) is 12.8 Å². The van der Waals surface area contributed by atoms with Crippen molar-refractivity contribution in [1.82, 2.24) is 19.4 Å². The van der Waals surface area contributed by atoms with Crippen molar-refractivity contribution in [3.05, 3.63) is 53.3 Å². The van der Waals surface area contributed by atoms with Gasteiger partial charge >= 0.3 is 0 Å². The van der Waals surface area contributed by atoms with Gasteiger partial charge in [-0.15, -0.1) is 0 Å². The zero-order valence-corrected chi connectivity index (χ0v) is 15.2. The second-order valence-electron chi connectivity index (χ2n) is 6.30. The summed E-state index contributed by atoms with van der Waals surface area (Å²) in [5.41, 5.74) is 2.55. The van der Waals surface area contributed by atoms with Crippen LogP contribution in [-0.2, 0) is 34.5 Å². The average molecular weight is 362 g/mol. The van der Waals surface area contributed by atoms with Crippen LogP contribution in [-0.4, -0.2) is 41.2 Å². The van der Waals surface area contributed by atoms with Gasteiger partial charge in [0.2, 0.25) is 15.9 Å². The van der Waals surface area contributed by atoms with E-state index in [-0.39, 0.29) is 11.8 Å². The van der Waals surface area contributed by atoms with E-state index in [1.165, 1.54) is 10.6 Å². The molecule has 1 N–H and O–H groups in total. The Morgan fingerprint density at radius 2 is 2.00 bits per heavy atom. The van der Waals surface area contributed by atoms with Gasteiger partial charge in [0, 0.05) is 6.54 Å². The molecule has 0 saturated heterocycles. The lowest BCUT2D eigenvalue weighted by atomic mass is 10.0. The molecule has 0 bridgehead atoms. The first-order valence-electron chi connectivity index (χ1n) is 8.18. The number of benzene rings is 1. The van der Waals surface area contributed by atoms with Crippen LogP contribution in [0.15, 0.2) is 36.4 Å². The highest BCUT2D eigenvalue weighted by Crippen LogP contribution is 2.17. The molecular weight excluding hydrogens is 340 g/mol. The smallest absolute Gasteiger partial charge is 0.227 e. The van der Waals surface area contributed by atoms with Crippen LogP contribution in [0.25, 0.3) is 0 Å². The summed E-state index contributed by atoms with van der Waals surface area (Å²) < 4.78 is 26.6. The molecule has 25 heavy (non-hydrogen) atoms. The maximum Gasteiger partial charge on any atom is 0.227 e. The van der Waals surface area contributed by atoms with E-state index < -0.39 is 10.0 Å². The lowest BCUT2D eigenvalue weighted by molar-refractivity contribution is -0.122. The molecule has 8 heteroatoms. The van der Waals surface area contributed by atoms with Crippen LogP contribution in [0.4, 0.5) is 0 Å². The van der Waals surface area contributed by atoms with Gasteiger partial charge in [0.05, 0.1) is 43.2 Å². The quantitative estimate of drug-likeness (QED) is 0.863. The summed E-state index contributed by atoms with van der Waals surface area (Å²) in [6.45, 7) is 3.46. The second-order valence-corrected chi connectivity index (χ2v) is 8.28. The molecule has 1 aliphatic heterocycles. The first kappa shape index (κ1) is 17.6. The van der Waals surface area contributed by atoms with Crippen molar-refractivity contribution in [2.45, 2.75) is 32.5 Å². The van der Waals surface area contributed by atoms with E-state index in [1.54, 1.807) is 0 Å². The Morgan fingerprint density at radius 1 is 1.28 bits per heavy atom. The van der Waals surface area contributed by atoms with Crippen LogP contribution in [0.1, 0.15) is 29.8 Å². The predicted octanol–water partition coefficient (Wildman–Crippen LogP) is 1.08. The predicted molar refractivity (Wildman–Crippen MR) is 94.2 cm³/mol. The maximum atomic E-state index is 12.3. The van der Waals surface area contributed by atoms with Crippen LogP contribution in [0.5, 0.6) is 0 Å². The zero-order chi connectivity index (χ0) is 18.0. The van der Waals surface area contributed by atoms with Crippen LogP contribution in [0, 0.1) is 0 Å². The zero-order valence-electron chi connectivity index (χ0n) is 14.3. The van der Waals surface area contributed by atoms with Gasteiger partial charge in [-0.3, -0.25) is 9.48 Å². The van der Waals surface area contributed by atoms with Gasteiger partial charge in [-0.25, -0.2) is 8.42 Å². The van der Waals surface area contributed by atoms with E-state index in [4.69, 9.17) is 0 Å². The van der Waals surface area contributed by atoms with Crippen LogP contribution < -0.4 is 5.32 Å². The molecule has 0 radical (unpaired) electrons. The molecule has 0 fully saturated rings. The molecule has 1 aliphatic rings. The summed E-state index contributed by atoms with van der Waals surface area (Å²) in [4.78, 5) is 12.3. The first-order valence-corrected chi connectivity index (χ1v) is 10.0. The number of carbonyl (C=O) groups excluding carboxylic acids is 1. The number of nitrogens with zero attached hydrogens (tertiary/aromatic N) is 3. The van der Waals surface area contributed by atoms with E-state index in [0.29, 0.717) is 26.2 Å². The third-order valence-corrected chi connectivity index (χ3v) is 5.67. The van der Waals surface area contributed by atoms with Crippen molar-refractivity contribution in [3.63, 3.8) is 0 Å². The molecule has 1 aromatic heterocycles. The fourth-order valence-corrected chi connectivity index (χ4v) is 3.68. The van der Waals surface area contributed by atoms with Crippen molar-refractivity contribution in [2.24, 2.45) is 0 Å². The number of carbonyl (C=O) groups is 1. The normalized spacial score (nSPS) is 16.2. The molecule has 0 spiro atoms. The Morgan fingerprint density at radius 3 is 2.68 bits per heavy atom. The van der Waals surface area contributed by atoms with Crippen molar-refractivity contribution in [1.29, 1.82) is 0 Å². The number of sulfonamides is 1. The fourth-order valence-electron chi connectivity index (χ4n) is 2.90. The largest absolute Gasteiger partial charge is 0.350 e. The van der Waals surface area contributed by atoms with E-state index in [2.05, 4.69) is 10.4 Å². The third-order valence-electron chi connectivity index (χ3n) is 4.42. The van der Waals surface area contributed by atoms with Crippen molar-refractivity contribution in [3.8, 4) is 0 Å². The molecule has 7 nitrogen and oxygen atoms in total. The number of rotatable bonds is 5. The Hall–Kier alpha value is -2.19. The molecule has 2 aromatic rings. The summed E-state index contributed by atoms with van der Waals surface area (Å²) in [6.07, 6.45) is 1.21. The highest BCUT2D eigenvalue weighted by atomic mass is 32.2. The summed E-state index contributed by atoms with van der Waals surface area (Å²) in [7, 11) is -3.20. The Labute approximate surface area is 147 Å². The van der Waals surface area contributed by atoms with Crippen molar-refractivity contribution < 1.29 is 13.2 Å². The molecule has 1 aromatic carbocycles. The SMILES string of the molecule is C[C@@H](C(=O)NCc1cc2n(n1)CCN(S(C)(=O)=O)C2)c1ccccc1. The number of amides is 1. The van der Waals surface area contributed by atoms with Crippen LogP contribution in [0.3, 0.4) is 0 Å². The Kier molecular flexibility index (Phi) is 4.91. The maximum absolute atomic E-state index is 12.3. The fraction of sp³-hybridized carbons (Fsp3) is 0.412. The van der Waals surface area contributed by atoms with Gasteiger partial charge in [0.25, 0.3) is 0 Å².